The number of aryl methyl sites for hydroxylation is 2. The van der Waals surface area contributed by atoms with Crippen LogP contribution < -0.4 is 14.2 Å². The van der Waals surface area contributed by atoms with E-state index in [0.29, 0.717) is 68.0 Å². The molecule has 0 saturated carbocycles. The zero-order chi connectivity index (χ0) is 24.9. The molecule has 1 saturated heterocycles. The van der Waals surface area contributed by atoms with Crippen molar-refractivity contribution in [3.8, 4) is 17.2 Å². The Labute approximate surface area is 201 Å². The Kier molecular flexibility index (Phi) is 8.42. The number of ether oxygens (including phenoxy) is 3. The van der Waals surface area contributed by atoms with Crippen molar-refractivity contribution in [2.24, 2.45) is 7.05 Å². The SMILES string of the molecule is CCOc1cc(C(=O)N2CCCN(S(=O)(=O)c3cn(C)c(C)n3)CC2)cc(OCC)c1OCC. The van der Waals surface area contributed by atoms with Gasteiger partial charge in [-0.05, 0) is 46.2 Å². The minimum Gasteiger partial charge on any atom is -0.490 e. The van der Waals surface area contributed by atoms with E-state index < -0.39 is 10.0 Å². The maximum atomic E-state index is 13.4. The quantitative estimate of drug-likeness (QED) is 0.528. The first-order valence-corrected chi connectivity index (χ1v) is 13.0. The number of sulfonamides is 1. The van der Waals surface area contributed by atoms with Gasteiger partial charge in [-0.3, -0.25) is 4.79 Å². The Morgan fingerprint density at radius 1 is 0.971 bits per heavy atom. The van der Waals surface area contributed by atoms with Crippen molar-refractivity contribution in [1.29, 1.82) is 0 Å². The first kappa shape index (κ1) is 25.8. The van der Waals surface area contributed by atoms with Gasteiger partial charge < -0.3 is 23.7 Å². The standard InChI is InChI=1S/C23H34N4O6S/c1-6-31-19-14-18(15-20(32-7-2)22(19)33-8-3)23(28)26-10-9-11-27(13-12-26)34(29,30)21-16-25(5)17(4)24-21/h14-16H,6-13H2,1-5H3. The van der Waals surface area contributed by atoms with E-state index in [1.54, 1.807) is 35.6 Å². The van der Waals surface area contributed by atoms with Crippen LogP contribution in [0.5, 0.6) is 17.2 Å². The molecule has 0 aliphatic carbocycles. The van der Waals surface area contributed by atoms with Gasteiger partial charge in [-0.25, -0.2) is 13.4 Å². The van der Waals surface area contributed by atoms with Crippen LogP contribution in [-0.4, -0.2) is 79.1 Å². The molecule has 3 rings (SSSR count). The summed E-state index contributed by atoms with van der Waals surface area (Å²) in [5.41, 5.74) is 0.409. The molecule has 1 aliphatic rings. The van der Waals surface area contributed by atoms with Crippen molar-refractivity contribution in [1.82, 2.24) is 18.8 Å². The molecule has 1 fully saturated rings. The highest BCUT2D eigenvalue weighted by atomic mass is 32.2. The monoisotopic (exact) mass is 494 g/mol. The minimum atomic E-state index is -3.73. The molecule has 1 aliphatic heterocycles. The van der Waals surface area contributed by atoms with Crippen LogP contribution in [0.2, 0.25) is 0 Å². The van der Waals surface area contributed by atoms with E-state index in [4.69, 9.17) is 14.2 Å². The summed E-state index contributed by atoms with van der Waals surface area (Å²) < 4.78 is 46.4. The lowest BCUT2D eigenvalue weighted by Crippen LogP contribution is -2.37. The molecule has 1 aromatic carbocycles. The van der Waals surface area contributed by atoms with Gasteiger partial charge in [0.2, 0.25) is 5.75 Å². The highest BCUT2D eigenvalue weighted by Crippen LogP contribution is 2.39. The highest BCUT2D eigenvalue weighted by molar-refractivity contribution is 7.89. The smallest absolute Gasteiger partial charge is 0.262 e. The average molecular weight is 495 g/mol. The van der Waals surface area contributed by atoms with Crippen LogP contribution >= 0.6 is 0 Å². The first-order valence-electron chi connectivity index (χ1n) is 11.6. The van der Waals surface area contributed by atoms with Crippen LogP contribution in [-0.2, 0) is 17.1 Å². The number of imidazole rings is 1. The third-order valence-electron chi connectivity index (χ3n) is 5.59. The molecule has 10 nitrogen and oxygen atoms in total. The average Bonchev–Trinajstić information content (AvgIpc) is 3.00. The van der Waals surface area contributed by atoms with Crippen molar-refractivity contribution >= 4 is 15.9 Å². The third-order valence-corrected chi connectivity index (χ3v) is 7.36. The lowest BCUT2D eigenvalue weighted by molar-refractivity contribution is 0.0763. The van der Waals surface area contributed by atoms with E-state index in [2.05, 4.69) is 4.98 Å². The maximum Gasteiger partial charge on any atom is 0.262 e. The van der Waals surface area contributed by atoms with Gasteiger partial charge in [-0.2, -0.15) is 4.31 Å². The van der Waals surface area contributed by atoms with E-state index in [0.717, 1.165) is 0 Å². The number of aromatic nitrogens is 2. The molecule has 0 bridgehead atoms. The second kappa shape index (κ2) is 11.1. The largest absolute Gasteiger partial charge is 0.490 e. The summed E-state index contributed by atoms with van der Waals surface area (Å²) in [4.78, 5) is 19.2. The molecule has 0 N–H and O–H groups in total. The lowest BCUT2D eigenvalue weighted by atomic mass is 10.1. The van der Waals surface area contributed by atoms with E-state index >= 15 is 0 Å². The maximum absolute atomic E-state index is 13.4. The summed E-state index contributed by atoms with van der Waals surface area (Å²) in [5.74, 6) is 1.78. The Balaban J connectivity index is 1.82. The Morgan fingerprint density at radius 2 is 1.59 bits per heavy atom. The van der Waals surface area contributed by atoms with Crippen molar-refractivity contribution in [3.05, 3.63) is 29.7 Å². The molecule has 1 aromatic heterocycles. The van der Waals surface area contributed by atoms with Gasteiger partial charge in [0.1, 0.15) is 5.82 Å². The molecule has 2 aromatic rings. The van der Waals surface area contributed by atoms with Gasteiger partial charge in [-0.15, -0.1) is 0 Å². The number of benzene rings is 1. The Bertz CT molecular complexity index is 1070. The predicted molar refractivity (Wildman–Crippen MR) is 127 cm³/mol. The number of carbonyl (C=O) groups excluding carboxylic acids is 1. The summed E-state index contributed by atoms with van der Waals surface area (Å²) in [7, 11) is -1.98. The fourth-order valence-corrected chi connectivity index (χ4v) is 5.31. The Morgan fingerprint density at radius 3 is 2.12 bits per heavy atom. The second-order valence-electron chi connectivity index (χ2n) is 7.89. The van der Waals surface area contributed by atoms with Crippen LogP contribution in [0.15, 0.2) is 23.4 Å². The zero-order valence-electron chi connectivity index (χ0n) is 20.5. The molecular formula is C23H34N4O6S. The number of rotatable bonds is 9. The summed E-state index contributed by atoms with van der Waals surface area (Å²) in [6, 6.07) is 3.32. The number of carbonyl (C=O) groups is 1. The van der Waals surface area contributed by atoms with E-state index in [1.807, 2.05) is 20.8 Å². The van der Waals surface area contributed by atoms with E-state index in [1.165, 1.54) is 10.5 Å². The summed E-state index contributed by atoms with van der Waals surface area (Å²) in [6.07, 6.45) is 2.04. The highest BCUT2D eigenvalue weighted by Gasteiger charge is 2.31. The third kappa shape index (κ3) is 5.47. The number of nitrogens with zero attached hydrogens (tertiary/aromatic N) is 4. The van der Waals surface area contributed by atoms with Gasteiger partial charge in [-0.1, -0.05) is 0 Å². The molecule has 1 amide bonds. The molecule has 2 heterocycles. The van der Waals surface area contributed by atoms with Gasteiger partial charge in [0.25, 0.3) is 15.9 Å². The molecular weight excluding hydrogens is 460 g/mol. The van der Waals surface area contributed by atoms with Crippen molar-refractivity contribution < 1.29 is 27.4 Å². The number of hydrogen-bond acceptors (Lipinski definition) is 7. The van der Waals surface area contributed by atoms with Gasteiger partial charge in [0.05, 0.1) is 19.8 Å². The fraction of sp³-hybridized carbons (Fsp3) is 0.565. The molecule has 34 heavy (non-hydrogen) atoms. The van der Waals surface area contributed by atoms with E-state index in [9.17, 15) is 13.2 Å². The predicted octanol–water partition coefficient (Wildman–Crippen LogP) is 2.46. The Hall–Kier alpha value is -2.79. The van der Waals surface area contributed by atoms with Crippen LogP contribution in [0.1, 0.15) is 43.4 Å². The summed E-state index contributed by atoms with van der Waals surface area (Å²) in [5, 5.41) is 0.0292. The fourth-order valence-electron chi connectivity index (χ4n) is 3.81. The summed E-state index contributed by atoms with van der Waals surface area (Å²) >= 11 is 0. The van der Waals surface area contributed by atoms with Crippen LogP contribution in [0.4, 0.5) is 0 Å². The van der Waals surface area contributed by atoms with Gasteiger partial charge in [0, 0.05) is 45.0 Å². The molecule has 11 heteroatoms. The van der Waals surface area contributed by atoms with Crippen molar-refractivity contribution in [3.63, 3.8) is 0 Å². The topological polar surface area (TPSA) is 103 Å². The molecule has 0 unspecified atom stereocenters. The molecule has 0 atom stereocenters. The van der Waals surface area contributed by atoms with Crippen LogP contribution in [0.3, 0.4) is 0 Å². The lowest BCUT2D eigenvalue weighted by Gasteiger charge is -2.23. The summed E-state index contributed by atoms with van der Waals surface area (Å²) in [6.45, 7) is 9.81. The second-order valence-corrected chi connectivity index (χ2v) is 9.77. The van der Waals surface area contributed by atoms with Crippen LogP contribution in [0, 0.1) is 6.92 Å². The van der Waals surface area contributed by atoms with Gasteiger partial charge >= 0.3 is 0 Å². The molecule has 0 spiro atoms. The zero-order valence-corrected chi connectivity index (χ0v) is 21.4. The molecule has 188 valence electrons. The minimum absolute atomic E-state index is 0.0292. The van der Waals surface area contributed by atoms with Crippen LogP contribution in [0.25, 0.3) is 0 Å². The number of hydrogen-bond donors (Lipinski definition) is 0. The number of amides is 1. The van der Waals surface area contributed by atoms with Crippen molar-refractivity contribution in [2.75, 3.05) is 46.0 Å². The van der Waals surface area contributed by atoms with Gasteiger partial charge in [0.15, 0.2) is 16.5 Å². The molecule has 0 radical (unpaired) electrons. The first-order chi connectivity index (χ1) is 16.2. The van der Waals surface area contributed by atoms with E-state index in [-0.39, 0.29) is 24.0 Å². The normalized spacial score (nSPS) is 15.1. The van der Waals surface area contributed by atoms with Crippen molar-refractivity contribution in [2.45, 2.75) is 39.1 Å².